The summed E-state index contributed by atoms with van der Waals surface area (Å²) < 4.78 is 26.2. The van der Waals surface area contributed by atoms with Crippen LogP contribution in [0.15, 0.2) is 89.8 Å². The molecule has 0 heterocycles. The van der Waals surface area contributed by atoms with Crippen LogP contribution in [0.25, 0.3) is 0 Å². The molecule has 0 unspecified atom stereocenters. The van der Waals surface area contributed by atoms with Crippen molar-refractivity contribution < 1.29 is 18.0 Å². The minimum absolute atomic E-state index is 0.0981. The van der Waals surface area contributed by atoms with Crippen LogP contribution in [0.3, 0.4) is 0 Å². The van der Waals surface area contributed by atoms with Crippen LogP contribution in [0.1, 0.15) is 29.0 Å². The summed E-state index contributed by atoms with van der Waals surface area (Å²) in [4.78, 5) is 25.0. The van der Waals surface area contributed by atoms with E-state index in [1.807, 2.05) is 67.6 Å². The van der Waals surface area contributed by atoms with E-state index in [9.17, 15) is 18.0 Å². The average molecular weight is 466 g/mol. The quantitative estimate of drug-likeness (QED) is 0.500. The highest BCUT2D eigenvalue weighted by Gasteiger charge is 2.23. The first-order valence-corrected chi connectivity index (χ1v) is 11.9. The van der Waals surface area contributed by atoms with Crippen molar-refractivity contribution in [1.82, 2.24) is 15.2 Å². The van der Waals surface area contributed by atoms with Gasteiger partial charge in [-0.1, -0.05) is 78.4 Å². The molecule has 0 aliphatic heterocycles. The molecule has 0 aromatic heterocycles. The fourth-order valence-corrected chi connectivity index (χ4v) is 4.52. The Balaban J connectivity index is 1.59. The second-order valence-electron chi connectivity index (χ2n) is 7.75. The molecule has 0 fully saturated rings. The van der Waals surface area contributed by atoms with Crippen LogP contribution < -0.4 is 10.9 Å². The van der Waals surface area contributed by atoms with E-state index in [-0.39, 0.29) is 23.1 Å². The minimum atomic E-state index is -3.82. The van der Waals surface area contributed by atoms with E-state index in [2.05, 4.69) is 10.9 Å². The molecule has 0 spiro atoms. The van der Waals surface area contributed by atoms with Crippen molar-refractivity contribution >= 4 is 21.8 Å². The van der Waals surface area contributed by atoms with Gasteiger partial charge in [-0.15, -0.1) is 0 Å². The molecule has 0 aliphatic carbocycles. The molecule has 2 N–H and O–H groups in total. The van der Waals surface area contributed by atoms with Gasteiger partial charge < -0.3 is 0 Å². The predicted molar refractivity (Wildman–Crippen MR) is 127 cm³/mol. The Morgan fingerprint density at radius 1 is 0.788 bits per heavy atom. The summed E-state index contributed by atoms with van der Waals surface area (Å²) in [5.41, 5.74) is 7.60. The normalized spacial score (nSPS) is 11.4. The van der Waals surface area contributed by atoms with Crippen LogP contribution in [-0.2, 0) is 19.6 Å². The lowest BCUT2D eigenvalue weighted by molar-refractivity contribution is -0.129. The lowest BCUT2D eigenvalue weighted by Crippen LogP contribution is -2.47. The Morgan fingerprint density at radius 2 is 1.27 bits per heavy atom. The number of hydrogen-bond acceptors (Lipinski definition) is 4. The van der Waals surface area contributed by atoms with Gasteiger partial charge in [-0.3, -0.25) is 20.4 Å². The van der Waals surface area contributed by atoms with Gasteiger partial charge in [0.2, 0.25) is 15.9 Å². The standard InChI is InChI=1S/C25H27N3O4S/c1-19-13-15-22(16-14-19)33(31,32)28(2)18-25(30)27-26-24(29)17-23(20-9-5-3-6-10-20)21-11-7-4-8-12-21/h3-16,23H,17-18H2,1-2H3,(H,26,29)(H,27,30). The van der Waals surface area contributed by atoms with Gasteiger partial charge in [0, 0.05) is 19.4 Å². The first-order valence-electron chi connectivity index (χ1n) is 10.5. The molecular weight excluding hydrogens is 438 g/mol. The Hall–Kier alpha value is -3.49. The number of hydrogen-bond donors (Lipinski definition) is 2. The number of amides is 2. The number of nitrogens with one attached hydrogen (secondary N) is 2. The second kappa shape index (κ2) is 10.9. The zero-order valence-corrected chi connectivity index (χ0v) is 19.4. The van der Waals surface area contributed by atoms with E-state index >= 15 is 0 Å². The van der Waals surface area contributed by atoms with Crippen LogP contribution in [0.2, 0.25) is 0 Å². The average Bonchev–Trinajstić information content (AvgIpc) is 2.82. The number of likely N-dealkylation sites (N-methyl/N-ethyl adjacent to an activating group) is 1. The lowest BCUT2D eigenvalue weighted by Gasteiger charge is -2.19. The molecular formula is C25H27N3O4S. The van der Waals surface area contributed by atoms with E-state index < -0.39 is 22.5 Å². The number of carbonyl (C=O) groups is 2. The number of aryl methyl sites for hydroxylation is 1. The van der Waals surface area contributed by atoms with Gasteiger partial charge in [0.1, 0.15) is 0 Å². The third kappa shape index (κ3) is 6.50. The monoisotopic (exact) mass is 465 g/mol. The fourth-order valence-electron chi connectivity index (χ4n) is 3.39. The van der Waals surface area contributed by atoms with Crippen molar-refractivity contribution in [2.75, 3.05) is 13.6 Å². The Kier molecular flexibility index (Phi) is 7.97. The number of carbonyl (C=O) groups excluding carboxylic acids is 2. The van der Waals surface area contributed by atoms with Crippen molar-refractivity contribution in [2.24, 2.45) is 0 Å². The molecule has 2 amide bonds. The highest BCUT2D eigenvalue weighted by Crippen LogP contribution is 2.27. The topological polar surface area (TPSA) is 95.6 Å². The van der Waals surface area contributed by atoms with Crippen molar-refractivity contribution in [3.05, 3.63) is 102 Å². The molecule has 0 radical (unpaired) electrons. The molecule has 7 nitrogen and oxygen atoms in total. The number of rotatable bonds is 8. The summed E-state index contributed by atoms with van der Waals surface area (Å²) in [5.74, 6) is -1.21. The summed E-state index contributed by atoms with van der Waals surface area (Å²) >= 11 is 0. The molecule has 33 heavy (non-hydrogen) atoms. The first kappa shape index (κ1) is 24.2. The largest absolute Gasteiger partial charge is 0.273 e. The Morgan fingerprint density at radius 3 is 1.79 bits per heavy atom. The van der Waals surface area contributed by atoms with Crippen LogP contribution >= 0.6 is 0 Å². The maximum Gasteiger partial charge on any atom is 0.253 e. The van der Waals surface area contributed by atoms with Gasteiger partial charge in [-0.25, -0.2) is 8.42 Å². The van der Waals surface area contributed by atoms with Crippen LogP contribution in [0, 0.1) is 6.92 Å². The summed E-state index contributed by atoms with van der Waals surface area (Å²) in [7, 11) is -2.50. The zero-order chi connectivity index (χ0) is 23.8. The van der Waals surface area contributed by atoms with E-state index in [1.54, 1.807) is 12.1 Å². The lowest BCUT2D eigenvalue weighted by atomic mass is 9.88. The number of sulfonamides is 1. The molecule has 172 valence electrons. The minimum Gasteiger partial charge on any atom is -0.273 e. The van der Waals surface area contributed by atoms with Crippen molar-refractivity contribution in [3.8, 4) is 0 Å². The molecule has 8 heteroatoms. The van der Waals surface area contributed by atoms with E-state index in [1.165, 1.54) is 19.2 Å². The molecule has 3 rings (SSSR count). The second-order valence-corrected chi connectivity index (χ2v) is 9.79. The highest BCUT2D eigenvalue weighted by atomic mass is 32.2. The molecule has 0 aliphatic rings. The maximum absolute atomic E-state index is 12.6. The molecule has 0 atom stereocenters. The fraction of sp³-hybridized carbons (Fsp3) is 0.200. The van der Waals surface area contributed by atoms with Gasteiger partial charge >= 0.3 is 0 Å². The Labute approximate surface area is 194 Å². The van der Waals surface area contributed by atoms with Gasteiger partial charge in [0.25, 0.3) is 5.91 Å². The highest BCUT2D eigenvalue weighted by molar-refractivity contribution is 7.89. The summed E-state index contributed by atoms with van der Waals surface area (Å²) in [5, 5.41) is 0. The molecule has 0 bridgehead atoms. The van der Waals surface area contributed by atoms with Crippen molar-refractivity contribution in [2.45, 2.75) is 24.2 Å². The molecule has 3 aromatic carbocycles. The number of hydrazine groups is 1. The number of benzene rings is 3. The van der Waals surface area contributed by atoms with E-state index in [0.717, 1.165) is 21.0 Å². The predicted octanol–water partition coefficient (Wildman–Crippen LogP) is 2.99. The summed E-state index contributed by atoms with van der Waals surface area (Å²) in [6.07, 6.45) is 0.117. The van der Waals surface area contributed by atoms with Gasteiger partial charge in [0.05, 0.1) is 11.4 Å². The smallest absolute Gasteiger partial charge is 0.253 e. The maximum atomic E-state index is 12.6. The molecule has 0 saturated carbocycles. The van der Waals surface area contributed by atoms with Crippen molar-refractivity contribution in [1.29, 1.82) is 0 Å². The van der Waals surface area contributed by atoms with Crippen LogP contribution in [0.5, 0.6) is 0 Å². The summed E-state index contributed by atoms with van der Waals surface area (Å²) in [6.45, 7) is 1.42. The van der Waals surface area contributed by atoms with Crippen molar-refractivity contribution in [3.63, 3.8) is 0 Å². The van der Waals surface area contributed by atoms with Gasteiger partial charge in [0.15, 0.2) is 0 Å². The first-order chi connectivity index (χ1) is 15.8. The van der Waals surface area contributed by atoms with E-state index in [0.29, 0.717) is 0 Å². The van der Waals surface area contributed by atoms with Gasteiger partial charge in [-0.2, -0.15) is 4.31 Å². The zero-order valence-electron chi connectivity index (χ0n) is 18.6. The SMILES string of the molecule is Cc1ccc(S(=O)(=O)N(C)CC(=O)NNC(=O)CC(c2ccccc2)c2ccccc2)cc1. The third-order valence-corrected chi connectivity index (χ3v) is 7.05. The molecule has 0 saturated heterocycles. The van der Waals surface area contributed by atoms with E-state index in [4.69, 9.17) is 0 Å². The molecule has 3 aromatic rings. The van der Waals surface area contributed by atoms with Crippen LogP contribution in [-0.4, -0.2) is 38.1 Å². The summed E-state index contributed by atoms with van der Waals surface area (Å²) in [6, 6.07) is 25.6. The Bertz CT molecular complexity index is 1140. The van der Waals surface area contributed by atoms with Crippen LogP contribution in [0.4, 0.5) is 0 Å². The number of nitrogens with zero attached hydrogens (tertiary/aromatic N) is 1. The third-order valence-electron chi connectivity index (χ3n) is 5.23. The van der Waals surface area contributed by atoms with Gasteiger partial charge in [-0.05, 0) is 30.2 Å².